The van der Waals surface area contributed by atoms with Gasteiger partial charge in [-0.1, -0.05) is 24.1 Å². The lowest BCUT2D eigenvalue weighted by Gasteiger charge is -2.17. The maximum absolute atomic E-state index is 6.40. The smallest absolute Gasteiger partial charge is 0.274 e. The number of aromatic nitrogens is 3. The molecule has 0 aliphatic heterocycles. The topological polar surface area (TPSA) is 69.9 Å². The van der Waals surface area contributed by atoms with Gasteiger partial charge in [-0.2, -0.15) is 4.98 Å². The molecule has 3 heterocycles. The molecule has 1 aliphatic rings. The van der Waals surface area contributed by atoms with Gasteiger partial charge in [-0.25, -0.2) is 0 Å². The van der Waals surface area contributed by atoms with Crippen LogP contribution in [0, 0.1) is 0 Å². The normalized spacial score (nSPS) is 16.4. The fraction of sp³-hybridized carbons (Fsp3) is 0.375. The Kier molecular flexibility index (Phi) is 4.57. The predicted molar refractivity (Wildman–Crippen MR) is 92.7 cm³/mol. The first-order valence-electron chi connectivity index (χ1n) is 7.56. The Balaban J connectivity index is 0.00000156. The standard InChI is InChI=1S/C16H18N4OS.ClH/c17-16(7-1-2-8-16)15-18-14(21-19-15)13-6-3-9-20(13)11-12-5-4-10-22-12;/h3-6,9-10H,1-2,7-8,11,17H2;1H. The second kappa shape index (κ2) is 6.47. The van der Waals surface area contributed by atoms with Crippen LogP contribution in [0.15, 0.2) is 40.4 Å². The van der Waals surface area contributed by atoms with Crippen molar-refractivity contribution in [1.82, 2.24) is 14.7 Å². The lowest BCUT2D eigenvalue weighted by molar-refractivity contribution is 0.371. The molecule has 0 bridgehead atoms. The maximum atomic E-state index is 6.40. The van der Waals surface area contributed by atoms with Crippen molar-refractivity contribution in [3.05, 3.63) is 46.5 Å². The number of rotatable bonds is 4. The Hall–Kier alpha value is -1.63. The Morgan fingerprint density at radius 3 is 2.83 bits per heavy atom. The predicted octanol–water partition coefficient (Wildman–Crippen LogP) is 3.80. The summed E-state index contributed by atoms with van der Waals surface area (Å²) in [5.74, 6) is 1.19. The zero-order valence-corrected chi connectivity index (χ0v) is 14.3. The van der Waals surface area contributed by atoms with Crippen LogP contribution in [0.4, 0.5) is 0 Å². The van der Waals surface area contributed by atoms with Crippen molar-refractivity contribution in [2.45, 2.75) is 37.8 Å². The molecule has 0 saturated heterocycles. The first kappa shape index (κ1) is 16.2. The van der Waals surface area contributed by atoms with Gasteiger partial charge in [0.2, 0.25) is 0 Å². The van der Waals surface area contributed by atoms with E-state index in [1.807, 2.05) is 18.3 Å². The van der Waals surface area contributed by atoms with E-state index in [0.29, 0.717) is 11.7 Å². The maximum Gasteiger partial charge on any atom is 0.274 e. The minimum absolute atomic E-state index is 0. The summed E-state index contributed by atoms with van der Waals surface area (Å²) in [6.07, 6.45) is 6.17. The van der Waals surface area contributed by atoms with Crippen LogP contribution in [-0.4, -0.2) is 14.7 Å². The van der Waals surface area contributed by atoms with Crippen LogP contribution >= 0.6 is 23.7 Å². The summed E-state index contributed by atoms with van der Waals surface area (Å²) in [5, 5.41) is 6.23. The summed E-state index contributed by atoms with van der Waals surface area (Å²) >= 11 is 1.74. The van der Waals surface area contributed by atoms with E-state index < -0.39 is 5.54 Å². The van der Waals surface area contributed by atoms with E-state index in [0.717, 1.165) is 37.9 Å². The van der Waals surface area contributed by atoms with Gasteiger partial charge in [-0.3, -0.25) is 0 Å². The monoisotopic (exact) mass is 350 g/mol. The fourth-order valence-corrected chi connectivity index (χ4v) is 3.78. The van der Waals surface area contributed by atoms with Crippen molar-refractivity contribution in [2.24, 2.45) is 5.73 Å². The fourth-order valence-electron chi connectivity index (χ4n) is 3.08. The molecular weight excluding hydrogens is 332 g/mol. The third-order valence-corrected chi connectivity index (χ3v) is 5.18. The van der Waals surface area contributed by atoms with Crippen LogP contribution in [-0.2, 0) is 12.1 Å². The van der Waals surface area contributed by atoms with E-state index >= 15 is 0 Å². The van der Waals surface area contributed by atoms with Crippen molar-refractivity contribution >= 4 is 23.7 Å². The molecule has 0 radical (unpaired) electrons. The van der Waals surface area contributed by atoms with E-state index in [1.54, 1.807) is 11.3 Å². The molecule has 4 rings (SSSR count). The van der Waals surface area contributed by atoms with Gasteiger partial charge in [-0.05, 0) is 36.4 Å². The molecule has 3 aromatic rings. The molecule has 122 valence electrons. The summed E-state index contributed by atoms with van der Waals surface area (Å²) in [4.78, 5) is 5.87. The van der Waals surface area contributed by atoms with Gasteiger partial charge in [0.25, 0.3) is 5.89 Å². The average molecular weight is 351 g/mol. The molecule has 1 saturated carbocycles. The number of thiophene rings is 1. The highest BCUT2D eigenvalue weighted by atomic mass is 35.5. The zero-order chi connectivity index (χ0) is 15.0. The highest BCUT2D eigenvalue weighted by Crippen LogP contribution is 2.35. The molecule has 5 nitrogen and oxygen atoms in total. The SMILES string of the molecule is Cl.NC1(c2noc(-c3cccn3Cc3cccs3)n2)CCCC1. The van der Waals surface area contributed by atoms with Crippen molar-refractivity contribution in [1.29, 1.82) is 0 Å². The van der Waals surface area contributed by atoms with Crippen LogP contribution in [0.25, 0.3) is 11.6 Å². The van der Waals surface area contributed by atoms with E-state index in [-0.39, 0.29) is 12.4 Å². The van der Waals surface area contributed by atoms with Gasteiger partial charge < -0.3 is 14.8 Å². The molecule has 0 spiro atoms. The molecular formula is C16H19ClN4OS. The third-order valence-electron chi connectivity index (χ3n) is 4.32. The molecule has 1 fully saturated rings. The summed E-state index contributed by atoms with van der Waals surface area (Å²) < 4.78 is 7.61. The molecule has 0 aromatic carbocycles. The van der Waals surface area contributed by atoms with Crippen molar-refractivity contribution in [3.63, 3.8) is 0 Å². The molecule has 1 aliphatic carbocycles. The number of nitrogens with two attached hydrogens (primary N) is 1. The van der Waals surface area contributed by atoms with Gasteiger partial charge >= 0.3 is 0 Å². The lowest BCUT2D eigenvalue weighted by Crippen LogP contribution is -2.34. The van der Waals surface area contributed by atoms with Gasteiger partial charge in [0.05, 0.1) is 12.1 Å². The zero-order valence-electron chi connectivity index (χ0n) is 12.6. The minimum atomic E-state index is -0.410. The van der Waals surface area contributed by atoms with Gasteiger partial charge in [0.1, 0.15) is 5.69 Å². The molecule has 23 heavy (non-hydrogen) atoms. The van der Waals surface area contributed by atoms with Crippen LogP contribution in [0.1, 0.15) is 36.4 Å². The Bertz CT molecular complexity index is 759. The molecule has 7 heteroatoms. The van der Waals surface area contributed by atoms with E-state index in [2.05, 4.69) is 32.2 Å². The van der Waals surface area contributed by atoms with Gasteiger partial charge in [-0.15, -0.1) is 23.7 Å². The highest BCUT2D eigenvalue weighted by Gasteiger charge is 2.36. The van der Waals surface area contributed by atoms with E-state index in [4.69, 9.17) is 10.3 Å². The summed E-state index contributed by atoms with van der Waals surface area (Å²) in [5.41, 5.74) is 6.93. The number of nitrogens with zero attached hydrogens (tertiary/aromatic N) is 3. The quantitative estimate of drug-likeness (QED) is 0.777. The Labute approximate surface area is 144 Å². The third kappa shape index (κ3) is 3.06. The lowest BCUT2D eigenvalue weighted by atomic mass is 9.99. The summed E-state index contributed by atoms with van der Waals surface area (Å²) in [6.45, 7) is 0.811. The molecule has 0 amide bonds. The Morgan fingerprint density at radius 1 is 1.26 bits per heavy atom. The second-order valence-corrected chi connectivity index (χ2v) is 6.92. The van der Waals surface area contributed by atoms with Gasteiger partial charge in [0, 0.05) is 11.1 Å². The first-order chi connectivity index (χ1) is 10.7. The molecule has 3 aromatic heterocycles. The molecule has 0 unspecified atom stereocenters. The van der Waals surface area contributed by atoms with E-state index in [1.165, 1.54) is 4.88 Å². The highest BCUT2D eigenvalue weighted by molar-refractivity contribution is 7.09. The summed E-state index contributed by atoms with van der Waals surface area (Å²) in [6, 6.07) is 8.19. The van der Waals surface area contributed by atoms with Crippen molar-refractivity contribution in [2.75, 3.05) is 0 Å². The van der Waals surface area contributed by atoms with Crippen molar-refractivity contribution < 1.29 is 4.52 Å². The van der Waals surface area contributed by atoms with Crippen LogP contribution in [0.5, 0.6) is 0 Å². The molecule has 2 N–H and O–H groups in total. The van der Waals surface area contributed by atoms with Crippen LogP contribution in [0.2, 0.25) is 0 Å². The van der Waals surface area contributed by atoms with Gasteiger partial charge in [0.15, 0.2) is 5.82 Å². The van der Waals surface area contributed by atoms with Crippen LogP contribution < -0.4 is 5.73 Å². The number of hydrogen-bond acceptors (Lipinski definition) is 5. The van der Waals surface area contributed by atoms with Crippen LogP contribution in [0.3, 0.4) is 0 Å². The molecule has 0 atom stereocenters. The first-order valence-corrected chi connectivity index (χ1v) is 8.44. The number of hydrogen-bond donors (Lipinski definition) is 1. The second-order valence-electron chi connectivity index (χ2n) is 5.89. The summed E-state index contributed by atoms with van der Waals surface area (Å²) in [7, 11) is 0. The van der Waals surface area contributed by atoms with E-state index in [9.17, 15) is 0 Å². The number of halogens is 1. The Morgan fingerprint density at radius 2 is 2.09 bits per heavy atom. The minimum Gasteiger partial charge on any atom is -0.338 e. The largest absolute Gasteiger partial charge is 0.338 e. The van der Waals surface area contributed by atoms with Crippen molar-refractivity contribution in [3.8, 4) is 11.6 Å². The average Bonchev–Trinajstić information content (AvgIpc) is 3.26.